The Morgan fingerprint density at radius 1 is 0.214 bits per heavy atom. The maximum atomic E-state index is 2.52. The molecule has 10 aromatic carbocycles. The lowest BCUT2D eigenvalue weighted by Crippen LogP contribution is -2.27. The summed E-state index contributed by atoms with van der Waals surface area (Å²) in [6.45, 7) is 0. The van der Waals surface area contributed by atoms with E-state index in [9.17, 15) is 0 Å². The van der Waals surface area contributed by atoms with Gasteiger partial charge in [-0.1, -0.05) is 182 Å². The molecular formula is C56H36. The van der Waals surface area contributed by atoms with Crippen LogP contribution in [0.2, 0.25) is 0 Å². The Balaban J connectivity index is 1.01. The second kappa shape index (κ2) is 12.2. The molecule has 10 aromatic rings. The van der Waals surface area contributed by atoms with Crippen molar-refractivity contribution in [2.45, 2.75) is 11.8 Å². The summed E-state index contributed by atoms with van der Waals surface area (Å²) in [5.74, 6) is 0.511. The molecule has 0 nitrogen and oxygen atoms in total. The lowest BCUT2D eigenvalue weighted by Gasteiger charge is -2.42. The molecule has 0 radical (unpaired) electrons. The zero-order valence-corrected chi connectivity index (χ0v) is 30.8. The second-order valence-electron chi connectivity index (χ2n) is 15.5. The van der Waals surface area contributed by atoms with Crippen LogP contribution in [0.15, 0.2) is 206 Å². The largest absolute Gasteiger partial charge is 0.0622 e. The van der Waals surface area contributed by atoms with E-state index < -0.39 is 0 Å². The maximum Gasteiger partial charge on any atom is 0.0349 e. The van der Waals surface area contributed by atoms with Gasteiger partial charge >= 0.3 is 0 Å². The summed E-state index contributed by atoms with van der Waals surface area (Å²) in [5, 5.41) is 7.63. The van der Waals surface area contributed by atoms with E-state index in [0.717, 1.165) is 0 Å². The van der Waals surface area contributed by atoms with Gasteiger partial charge in [0.05, 0.1) is 0 Å². The van der Waals surface area contributed by atoms with Crippen molar-refractivity contribution in [2.24, 2.45) is 0 Å². The van der Waals surface area contributed by atoms with Crippen molar-refractivity contribution < 1.29 is 0 Å². The zero-order valence-electron chi connectivity index (χ0n) is 30.8. The summed E-state index contributed by atoms with van der Waals surface area (Å²) in [4.78, 5) is 0. The standard InChI is InChI=1S/C56H36/c1-2-13-35(14-3-1)37-25-26-40-32-38(27-28-39(40)31-37)36-15-12-16-41(33-36)53-43-17-4-6-19-45(43)54(46-20-7-5-18-44(46)53)42-29-30-51-52(34-42)56-49-23-10-8-21-47(49)55(51)48-22-9-11-24-50(48)56/h1-34,55-56H. The molecule has 0 atom stereocenters. The molecule has 260 valence electrons. The zero-order chi connectivity index (χ0) is 36.7. The highest BCUT2D eigenvalue weighted by molar-refractivity contribution is 6.21. The molecule has 0 amide bonds. The molecule has 0 heteroatoms. The molecule has 2 bridgehead atoms. The maximum absolute atomic E-state index is 2.52. The van der Waals surface area contributed by atoms with E-state index in [1.807, 2.05) is 0 Å². The average molecular weight is 709 g/mol. The van der Waals surface area contributed by atoms with Gasteiger partial charge in [0.15, 0.2) is 0 Å². The normalized spacial score (nSPS) is 15.1. The fourth-order valence-electron chi connectivity index (χ4n) is 10.2. The summed E-state index contributed by atoms with van der Waals surface area (Å²) >= 11 is 0. The van der Waals surface area contributed by atoms with Crippen molar-refractivity contribution in [1.29, 1.82) is 0 Å². The predicted octanol–water partition coefficient (Wildman–Crippen LogP) is 14.8. The van der Waals surface area contributed by atoms with Crippen molar-refractivity contribution in [3.63, 3.8) is 0 Å². The number of hydrogen-bond acceptors (Lipinski definition) is 0. The van der Waals surface area contributed by atoms with E-state index in [4.69, 9.17) is 0 Å². The Hall–Kier alpha value is -7.02. The third-order valence-electron chi connectivity index (χ3n) is 12.6. The molecule has 0 fully saturated rings. The summed E-state index contributed by atoms with van der Waals surface area (Å²) in [5.41, 5.74) is 18.8. The first-order valence-corrected chi connectivity index (χ1v) is 19.7. The average Bonchev–Trinajstić information content (AvgIpc) is 3.27. The van der Waals surface area contributed by atoms with Gasteiger partial charge in [0.1, 0.15) is 0 Å². The van der Waals surface area contributed by atoms with Crippen molar-refractivity contribution in [1.82, 2.24) is 0 Å². The molecule has 0 N–H and O–H groups in total. The van der Waals surface area contributed by atoms with Gasteiger partial charge in [-0.2, -0.15) is 0 Å². The van der Waals surface area contributed by atoms with Crippen LogP contribution in [-0.4, -0.2) is 0 Å². The fourth-order valence-corrected chi connectivity index (χ4v) is 10.2. The smallest absolute Gasteiger partial charge is 0.0349 e. The molecule has 0 saturated carbocycles. The first kappa shape index (κ1) is 31.3. The first-order valence-electron chi connectivity index (χ1n) is 19.7. The quantitative estimate of drug-likeness (QED) is 0.160. The van der Waals surface area contributed by atoms with E-state index in [0.29, 0.717) is 0 Å². The van der Waals surface area contributed by atoms with E-state index in [-0.39, 0.29) is 11.8 Å². The van der Waals surface area contributed by atoms with Crippen LogP contribution in [0.5, 0.6) is 0 Å². The molecule has 0 unspecified atom stereocenters. The van der Waals surface area contributed by atoms with Gasteiger partial charge in [-0.3, -0.25) is 0 Å². The van der Waals surface area contributed by atoms with Crippen molar-refractivity contribution in [2.75, 3.05) is 0 Å². The Kier molecular flexibility index (Phi) is 6.86. The highest BCUT2D eigenvalue weighted by atomic mass is 14.4. The minimum Gasteiger partial charge on any atom is -0.0622 e. The molecular weight excluding hydrogens is 673 g/mol. The van der Waals surface area contributed by atoms with Crippen molar-refractivity contribution in [3.8, 4) is 44.5 Å². The van der Waals surface area contributed by atoms with E-state index in [1.165, 1.54) is 110 Å². The minimum atomic E-state index is 0.239. The van der Waals surface area contributed by atoms with Crippen LogP contribution in [0, 0.1) is 0 Å². The van der Waals surface area contributed by atoms with Crippen molar-refractivity contribution in [3.05, 3.63) is 240 Å². The van der Waals surface area contributed by atoms with Crippen LogP contribution in [0.4, 0.5) is 0 Å². The van der Waals surface area contributed by atoms with Crippen LogP contribution < -0.4 is 0 Å². The fraction of sp³-hybridized carbons (Fsp3) is 0.0357. The SMILES string of the molecule is c1ccc(-c2ccc3cc(-c4cccc(-c5c6ccccc6c(-c6ccc7c(c6)C6c8ccccc8C7c7ccccc76)c6ccccc56)c4)ccc3c2)cc1. The molecule has 0 aromatic heterocycles. The van der Waals surface area contributed by atoms with E-state index >= 15 is 0 Å². The number of rotatable bonds is 4. The molecule has 56 heavy (non-hydrogen) atoms. The number of hydrogen-bond donors (Lipinski definition) is 0. The summed E-state index contributed by atoms with van der Waals surface area (Å²) in [7, 11) is 0. The summed E-state index contributed by atoms with van der Waals surface area (Å²) in [6, 6.07) is 77.1. The van der Waals surface area contributed by atoms with Crippen molar-refractivity contribution >= 4 is 32.3 Å². The number of benzene rings is 10. The topological polar surface area (TPSA) is 0 Å². The molecule has 0 aliphatic heterocycles. The second-order valence-corrected chi connectivity index (χ2v) is 15.5. The van der Waals surface area contributed by atoms with Crippen LogP contribution in [0.1, 0.15) is 45.2 Å². The highest BCUT2D eigenvalue weighted by Crippen LogP contribution is 2.56. The third kappa shape index (κ3) is 4.66. The van der Waals surface area contributed by atoms with Gasteiger partial charge < -0.3 is 0 Å². The lowest BCUT2D eigenvalue weighted by atomic mass is 9.61. The van der Waals surface area contributed by atoms with E-state index in [1.54, 1.807) is 0 Å². The van der Waals surface area contributed by atoms with Crippen LogP contribution in [0.3, 0.4) is 0 Å². The summed E-state index contributed by atoms with van der Waals surface area (Å²) in [6.07, 6.45) is 0. The Morgan fingerprint density at radius 2 is 0.589 bits per heavy atom. The molecule has 3 aliphatic rings. The molecule has 13 rings (SSSR count). The van der Waals surface area contributed by atoms with Gasteiger partial charge in [0.2, 0.25) is 0 Å². The van der Waals surface area contributed by atoms with Gasteiger partial charge in [-0.05, 0) is 134 Å². The van der Waals surface area contributed by atoms with Crippen LogP contribution >= 0.6 is 0 Å². The first-order chi connectivity index (χ1) is 27.8. The summed E-state index contributed by atoms with van der Waals surface area (Å²) < 4.78 is 0. The van der Waals surface area contributed by atoms with Gasteiger partial charge in [-0.25, -0.2) is 0 Å². The molecule has 3 aliphatic carbocycles. The predicted molar refractivity (Wildman–Crippen MR) is 235 cm³/mol. The van der Waals surface area contributed by atoms with E-state index in [2.05, 4.69) is 206 Å². The molecule has 0 heterocycles. The molecule has 0 spiro atoms. The lowest BCUT2D eigenvalue weighted by molar-refractivity contribution is 0.755. The monoisotopic (exact) mass is 708 g/mol. The van der Waals surface area contributed by atoms with Crippen LogP contribution in [0.25, 0.3) is 76.8 Å². The van der Waals surface area contributed by atoms with Gasteiger partial charge in [0, 0.05) is 11.8 Å². The third-order valence-corrected chi connectivity index (χ3v) is 12.6. The van der Waals surface area contributed by atoms with Gasteiger partial charge in [0.25, 0.3) is 0 Å². The Bertz CT molecular complexity index is 3100. The highest BCUT2D eigenvalue weighted by Gasteiger charge is 2.41. The Labute approximate surface area is 327 Å². The van der Waals surface area contributed by atoms with Gasteiger partial charge in [-0.15, -0.1) is 0 Å². The van der Waals surface area contributed by atoms with Crippen LogP contribution in [-0.2, 0) is 0 Å². The molecule has 0 saturated heterocycles. The minimum absolute atomic E-state index is 0.239. The Morgan fingerprint density at radius 3 is 1.14 bits per heavy atom. The number of fused-ring (bicyclic) bond motifs is 3.